The van der Waals surface area contributed by atoms with Crippen LogP contribution in [0.2, 0.25) is 0 Å². The first-order valence-electron chi connectivity index (χ1n) is 6.25. The quantitative estimate of drug-likeness (QED) is 0.853. The van der Waals surface area contributed by atoms with Crippen molar-refractivity contribution in [3.8, 4) is 0 Å². The Hall–Kier alpha value is -1.00. The second kappa shape index (κ2) is 5.33. The molecule has 2 atom stereocenters. The van der Waals surface area contributed by atoms with E-state index in [9.17, 15) is 4.79 Å². The van der Waals surface area contributed by atoms with Gasteiger partial charge in [-0.05, 0) is 37.8 Å². The lowest BCUT2D eigenvalue weighted by Crippen LogP contribution is -2.37. The molecule has 2 rings (SSSR count). The van der Waals surface area contributed by atoms with Crippen LogP contribution in [0.3, 0.4) is 0 Å². The molecule has 1 saturated heterocycles. The number of carbonyl (C=O) groups is 1. The number of carbonyl (C=O) groups excluding carboxylic acids is 1. The van der Waals surface area contributed by atoms with Crippen LogP contribution in [0.5, 0.6) is 0 Å². The summed E-state index contributed by atoms with van der Waals surface area (Å²) in [6.07, 6.45) is 2.51. The van der Waals surface area contributed by atoms with Crippen LogP contribution >= 0.6 is 11.8 Å². The second-order valence-electron chi connectivity index (χ2n) is 4.98. The van der Waals surface area contributed by atoms with Gasteiger partial charge >= 0.3 is 0 Å². The van der Waals surface area contributed by atoms with E-state index in [0.717, 1.165) is 5.56 Å². The minimum absolute atomic E-state index is 0.0217. The molecule has 0 radical (unpaired) electrons. The molecule has 0 aliphatic carbocycles. The van der Waals surface area contributed by atoms with Crippen molar-refractivity contribution >= 4 is 17.7 Å². The molecule has 1 amide bonds. The third kappa shape index (κ3) is 2.40. The Kier molecular flexibility index (Phi) is 3.97. The zero-order valence-electron chi connectivity index (χ0n) is 11.1. The van der Waals surface area contributed by atoms with Crippen molar-refractivity contribution in [1.29, 1.82) is 0 Å². The summed E-state index contributed by atoms with van der Waals surface area (Å²) in [5, 5.41) is 0. The number of hydrogen-bond acceptors (Lipinski definition) is 3. The normalized spacial score (nSPS) is 24.1. The van der Waals surface area contributed by atoms with Gasteiger partial charge in [-0.1, -0.05) is 12.1 Å². The highest BCUT2D eigenvalue weighted by atomic mass is 32.2. The summed E-state index contributed by atoms with van der Waals surface area (Å²) in [6, 6.07) is 8.47. The fourth-order valence-electron chi connectivity index (χ4n) is 2.60. The van der Waals surface area contributed by atoms with Gasteiger partial charge in [0.25, 0.3) is 0 Å². The molecule has 18 heavy (non-hydrogen) atoms. The van der Waals surface area contributed by atoms with E-state index in [-0.39, 0.29) is 24.0 Å². The van der Waals surface area contributed by atoms with E-state index in [0.29, 0.717) is 6.42 Å². The van der Waals surface area contributed by atoms with Crippen LogP contribution in [-0.4, -0.2) is 29.1 Å². The van der Waals surface area contributed by atoms with Crippen molar-refractivity contribution in [1.82, 2.24) is 4.90 Å². The van der Waals surface area contributed by atoms with Gasteiger partial charge in [0.15, 0.2) is 0 Å². The lowest BCUT2D eigenvalue weighted by atomic mass is 10.0. The molecule has 1 aromatic rings. The summed E-state index contributed by atoms with van der Waals surface area (Å²) >= 11 is 1.72. The van der Waals surface area contributed by atoms with Gasteiger partial charge in [0.05, 0.1) is 6.04 Å². The summed E-state index contributed by atoms with van der Waals surface area (Å²) < 4.78 is 0. The first kappa shape index (κ1) is 13.4. The van der Waals surface area contributed by atoms with Gasteiger partial charge < -0.3 is 10.6 Å². The molecule has 0 aromatic heterocycles. The second-order valence-corrected chi connectivity index (χ2v) is 5.86. The van der Waals surface area contributed by atoms with Gasteiger partial charge in [0.1, 0.15) is 0 Å². The number of thioether (sulfide) groups is 1. The Labute approximate surface area is 113 Å². The van der Waals surface area contributed by atoms with Crippen LogP contribution in [0.15, 0.2) is 29.2 Å². The highest BCUT2D eigenvalue weighted by molar-refractivity contribution is 7.98. The van der Waals surface area contributed by atoms with E-state index in [2.05, 4.69) is 30.5 Å². The van der Waals surface area contributed by atoms with E-state index in [4.69, 9.17) is 5.73 Å². The van der Waals surface area contributed by atoms with Crippen LogP contribution in [0.25, 0.3) is 0 Å². The number of likely N-dealkylation sites (tertiary alicyclic amines) is 1. The lowest BCUT2D eigenvalue weighted by Gasteiger charge is -2.30. The van der Waals surface area contributed by atoms with Gasteiger partial charge in [0, 0.05) is 23.4 Å². The summed E-state index contributed by atoms with van der Waals surface area (Å²) in [5.41, 5.74) is 7.27. The number of amides is 1. The molecule has 2 N–H and O–H groups in total. The average Bonchev–Trinajstić information content (AvgIpc) is 2.64. The van der Waals surface area contributed by atoms with E-state index >= 15 is 0 Å². The van der Waals surface area contributed by atoms with Crippen LogP contribution in [0, 0.1) is 0 Å². The highest BCUT2D eigenvalue weighted by Crippen LogP contribution is 2.34. The molecule has 1 aromatic carbocycles. The number of benzene rings is 1. The SMILES string of the molecule is CSc1ccc(C2C(N)CC(=O)N2C(C)C)cc1. The van der Waals surface area contributed by atoms with Crippen molar-refractivity contribution in [3.63, 3.8) is 0 Å². The number of nitrogens with two attached hydrogens (primary N) is 1. The predicted octanol–water partition coefficient (Wildman–Crippen LogP) is 2.42. The Morgan fingerprint density at radius 2 is 1.94 bits per heavy atom. The molecule has 2 unspecified atom stereocenters. The zero-order valence-corrected chi connectivity index (χ0v) is 11.9. The molecular formula is C14H20N2OS. The molecule has 1 fully saturated rings. The van der Waals surface area contributed by atoms with Gasteiger partial charge in [-0.3, -0.25) is 4.79 Å². The summed E-state index contributed by atoms with van der Waals surface area (Å²) in [4.78, 5) is 15.1. The zero-order chi connectivity index (χ0) is 13.3. The molecular weight excluding hydrogens is 244 g/mol. The Morgan fingerprint density at radius 3 is 2.44 bits per heavy atom. The first-order valence-corrected chi connectivity index (χ1v) is 7.47. The maximum atomic E-state index is 12.0. The Bertz CT molecular complexity index is 430. The number of rotatable bonds is 3. The van der Waals surface area contributed by atoms with Gasteiger partial charge in [-0.15, -0.1) is 11.8 Å². The molecule has 4 heteroatoms. The van der Waals surface area contributed by atoms with E-state index < -0.39 is 0 Å². The molecule has 1 aliphatic rings. The van der Waals surface area contributed by atoms with E-state index in [1.54, 1.807) is 11.8 Å². The Morgan fingerprint density at radius 1 is 1.33 bits per heavy atom. The monoisotopic (exact) mass is 264 g/mol. The minimum Gasteiger partial charge on any atom is -0.332 e. The van der Waals surface area contributed by atoms with Gasteiger partial charge in [-0.2, -0.15) is 0 Å². The molecule has 98 valence electrons. The van der Waals surface area contributed by atoms with Crippen LogP contribution in [0.1, 0.15) is 31.9 Å². The summed E-state index contributed by atoms with van der Waals surface area (Å²) in [6.45, 7) is 4.08. The van der Waals surface area contributed by atoms with Gasteiger partial charge in [0.2, 0.25) is 5.91 Å². The molecule has 1 aliphatic heterocycles. The fraction of sp³-hybridized carbons (Fsp3) is 0.500. The topological polar surface area (TPSA) is 46.3 Å². The number of nitrogens with zero attached hydrogens (tertiary/aromatic N) is 1. The van der Waals surface area contributed by atoms with E-state index in [1.165, 1.54) is 4.90 Å². The van der Waals surface area contributed by atoms with Crippen LogP contribution < -0.4 is 5.73 Å². The molecule has 3 nitrogen and oxygen atoms in total. The van der Waals surface area contributed by atoms with Gasteiger partial charge in [-0.25, -0.2) is 0 Å². The van der Waals surface area contributed by atoms with Crippen molar-refractivity contribution < 1.29 is 4.79 Å². The third-order valence-corrected chi connectivity index (χ3v) is 4.16. The van der Waals surface area contributed by atoms with Crippen molar-refractivity contribution in [2.75, 3.05) is 6.26 Å². The average molecular weight is 264 g/mol. The minimum atomic E-state index is -0.0972. The standard InChI is InChI=1S/C14H20N2OS/c1-9(2)16-13(17)8-12(15)14(16)10-4-6-11(18-3)7-5-10/h4-7,9,12,14H,8,15H2,1-3H3. The molecule has 0 spiro atoms. The van der Waals surface area contributed by atoms with E-state index in [1.807, 2.05) is 18.7 Å². The molecule has 1 heterocycles. The van der Waals surface area contributed by atoms with Crippen molar-refractivity contribution in [2.45, 2.75) is 43.3 Å². The number of hydrogen-bond donors (Lipinski definition) is 1. The maximum absolute atomic E-state index is 12.0. The van der Waals surface area contributed by atoms with Crippen LogP contribution in [0.4, 0.5) is 0 Å². The molecule has 0 saturated carbocycles. The molecule has 0 bridgehead atoms. The largest absolute Gasteiger partial charge is 0.332 e. The highest BCUT2D eigenvalue weighted by Gasteiger charge is 2.39. The smallest absolute Gasteiger partial charge is 0.225 e. The summed E-state index contributed by atoms with van der Waals surface area (Å²) in [5.74, 6) is 0.163. The summed E-state index contributed by atoms with van der Waals surface area (Å²) in [7, 11) is 0. The predicted molar refractivity (Wildman–Crippen MR) is 75.5 cm³/mol. The lowest BCUT2D eigenvalue weighted by molar-refractivity contribution is -0.130. The Balaban J connectivity index is 2.31. The first-order chi connectivity index (χ1) is 8.54. The van der Waals surface area contributed by atoms with Crippen molar-refractivity contribution in [2.24, 2.45) is 5.73 Å². The maximum Gasteiger partial charge on any atom is 0.225 e. The van der Waals surface area contributed by atoms with Crippen LogP contribution in [-0.2, 0) is 4.79 Å². The van der Waals surface area contributed by atoms with Crippen molar-refractivity contribution in [3.05, 3.63) is 29.8 Å². The fourth-order valence-corrected chi connectivity index (χ4v) is 3.01. The third-order valence-electron chi connectivity index (χ3n) is 3.42.